The van der Waals surface area contributed by atoms with Crippen LogP contribution in [-0.2, 0) is 6.42 Å². The lowest BCUT2D eigenvalue weighted by atomic mass is 10.1. The molecular formula is C17H15ClO3. The van der Waals surface area contributed by atoms with Gasteiger partial charge in [-0.15, -0.1) is 0 Å². The van der Waals surface area contributed by atoms with Crippen molar-refractivity contribution in [3.63, 3.8) is 0 Å². The molecule has 2 aromatic carbocycles. The minimum Gasteiger partial charge on any atom is -0.497 e. The molecule has 1 unspecified atom stereocenters. The zero-order chi connectivity index (χ0) is 14.8. The molecule has 1 atom stereocenters. The minimum absolute atomic E-state index is 0.463. The van der Waals surface area contributed by atoms with Crippen molar-refractivity contribution in [2.24, 2.45) is 0 Å². The van der Waals surface area contributed by atoms with Crippen molar-refractivity contribution in [2.45, 2.75) is 12.5 Å². The number of ether oxygens (including phenoxy) is 1. The number of aliphatic hydroxyl groups is 1. The predicted octanol–water partition coefficient (Wildman–Crippen LogP) is 4.37. The van der Waals surface area contributed by atoms with E-state index in [1.54, 1.807) is 19.2 Å². The first-order valence-corrected chi connectivity index (χ1v) is 7.03. The smallest absolute Gasteiger partial charge is 0.134 e. The Bertz CT molecular complexity index is 764. The molecule has 0 amide bonds. The summed E-state index contributed by atoms with van der Waals surface area (Å²) in [6.45, 7) is 0. The molecule has 0 saturated carbocycles. The maximum Gasteiger partial charge on any atom is 0.134 e. The molecule has 0 saturated heterocycles. The van der Waals surface area contributed by atoms with Crippen LogP contribution in [0.2, 0.25) is 5.02 Å². The minimum atomic E-state index is -0.705. The number of furan rings is 1. The van der Waals surface area contributed by atoms with E-state index in [1.807, 2.05) is 36.4 Å². The molecule has 21 heavy (non-hydrogen) atoms. The van der Waals surface area contributed by atoms with Gasteiger partial charge in [0, 0.05) is 16.8 Å². The third kappa shape index (κ3) is 3.04. The second-order valence-electron chi connectivity index (χ2n) is 4.90. The number of fused-ring (bicyclic) bond motifs is 1. The van der Waals surface area contributed by atoms with Gasteiger partial charge in [0.1, 0.15) is 23.2 Å². The molecule has 0 aliphatic carbocycles. The van der Waals surface area contributed by atoms with Gasteiger partial charge in [-0.1, -0.05) is 23.7 Å². The SMILES string of the molecule is COc1cccc(CC(O)c2cc3cc(Cl)ccc3o2)c1. The van der Waals surface area contributed by atoms with Crippen LogP contribution < -0.4 is 4.74 Å². The van der Waals surface area contributed by atoms with Crippen molar-refractivity contribution in [2.75, 3.05) is 7.11 Å². The summed E-state index contributed by atoms with van der Waals surface area (Å²) in [5, 5.41) is 11.9. The Morgan fingerprint density at radius 3 is 2.86 bits per heavy atom. The van der Waals surface area contributed by atoms with Gasteiger partial charge in [0.2, 0.25) is 0 Å². The van der Waals surface area contributed by atoms with Crippen LogP contribution >= 0.6 is 11.6 Å². The molecule has 0 aliphatic heterocycles. The molecule has 4 heteroatoms. The lowest BCUT2D eigenvalue weighted by Gasteiger charge is -2.08. The molecule has 1 N–H and O–H groups in total. The van der Waals surface area contributed by atoms with E-state index in [0.717, 1.165) is 22.3 Å². The van der Waals surface area contributed by atoms with Crippen molar-refractivity contribution in [1.29, 1.82) is 0 Å². The van der Waals surface area contributed by atoms with E-state index in [-0.39, 0.29) is 0 Å². The third-order valence-corrected chi connectivity index (χ3v) is 3.62. The molecule has 0 bridgehead atoms. The van der Waals surface area contributed by atoms with Crippen molar-refractivity contribution in [3.05, 3.63) is 64.9 Å². The van der Waals surface area contributed by atoms with E-state index in [4.69, 9.17) is 20.8 Å². The van der Waals surface area contributed by atoms with Crippen molar-refractivity contribution in [1.82, 2.24) is 0 Å². The van der Waals surface area contributed by atoms with Crippen LogP contribution in [0.3, 0.4) is 0 Å². The maximum absolute atomic E-state index is 10.3. The Morgan fingerprint density at radius 1 is 1.19 bits per heavy atom. The fraction of sp³-hybridized carbons (Fsp3) is 0.176. The quantitative estimate of drug-likeness (QED) is 0.778. The number of hydrogen-bond donors (Lipinski definition) is 1. The van der Waals surface area contributed by atoms with Crippen LogP contribution in [0.4, 0.5) is 0 Å². The summed E-state index contributed by atoms with van der Waals surface area (Å²) < 4.78 is 10.9. The van der Waals surface area contributed by atoms with Gasteiger partial charge in [-0.25, -0.2) is 0 Å². The first-order valence-electron chi connectivity index (χ1n) is 6.66. The highest BCUT2D eigenvalue weighted by atomic mass is 35.5. The Balaban J connectivity index is 1.84. The lowest BCUT2D eigenvalue weighted by molar-refractivity contribution is 0.152. The highest BCUT2D eigenvalue weighted by Crippen LogP contribution is 2.28. The number of halogens is 1. The van der Waals surface area contributed by atoms with Gasteiger partial charge in [0.15, 0.2) is 0 Å². The van der Waals surface area contributed by atoms with Crippen molar-refractivity contribution in [3.8, 4) is 5.75 Å². The Labute approximate surface area is 127 Å². The van der Waals surface area contributed by atoms with Crippen LogP contribution in [0.25, 0.3) is 11.0 Å². The summed E-state index contributed by atoms with van der Waals surface area (Å²) in [6.07, 6.45) is -0.242. The Kier molecular flexibility index (Phi) is 3.86. The monoisotopic (exact) mass is 302 g/mol. The zero-order valence-electron chi connectivity index (χ0n) is 11.5. The van der Waals surface area contributed by atoms with Gasteiger partial charge >= 0.3 is 0 Å². The van der Waals surface area contributed by atoms with Gasteiger partial charge in [-0.05, 0) is 42.0 Å². The summed E-state index contributed by atoms with van der Waals surface area (Å²) in [4.78, 5) is 0. The number of benzene rings is 2. The van der Waals surface area contributed by atoms with E-state index in [1.165, 1.54) is 0 Å². The Hall–Kier alpha value is -1.97. The van der Waals surface area contributed by atoms with E-state index in [0.29, 0.717) is 17.2 Å². The highest BCUT2D eigenvalue weighted by molar-refractivity contribution is 6.31. The molecule has 3 rings (SSSR count). The number of aliphatic hydroxyl groups excluding tert-OH is 1. The standard InChI is InChI=1S/C17H15ClO3/c1-20-14-4-2-3-11(7-14)8-15(19)17-10-12-9-13(18)5-6-16(12)21-17/h2-7,9-10,15,19H,8H2,1H3. The molecule has 1 heterocycles. The van der Waals surface area contributed by atoms with E-state index < -0.39 is 6.10 Å². The van der Waals surface area contributed by atoms with Crippen LogP contribution in [0.1, 0.15) is 17.4 Å². The second-order valence-corrected chi connectivity index (χ2v) is 5.34. The topological polar surface area (TPSA) is 42.6 Å². The number of rotatable bonds is 4. The van der Waals surface area contributed by atoms with Crippen LogP contribution in [0, 0.1) is 0 Å². The summed E-state index contributed by atoms with van der Waals surface area (Å²) in [5.41, 5.74) is 1.71. The second kappa shape index (κ2) is 5.80. The van der Waals surface area contributed by atoms with Crippen LogP contribution in [-0.4, -0.2) is 12.2 Å². The molecule has 3 nitrogen and oxygen atoms in total. The normalized spacial score (nSPS) is 12.5. The van der Waals surface area contributed by atoms with Gasteiger partial charge in [0.25, 0.3) is 0 Å². The lowest BCUT2D eigenvalue weighted by Crippen LogP contribution is -2.00. The molecule has 0 spiro atoms. The molecule has 0 radical (unpaired) electrons. The summed E-state index contributed by atoms with van der Waals surface area (Å²) in [7, 11) is 1.62. The first kappa shape index (κ1) is 14.0. The molecule has 1 aromatic heterocycles. The fourth-order valence-corrected chi connectivity index (χ4v) is 2.50. The summed E-state index contributed by atoms with van der Waals surface area (Å²) in [5.74, 6) is 1.31. The highest BCUT2D eigenvalue weighted by Gasteiger charge is 2.14. The molecule has 0 fully saturated rings. The van der Waals surface area contributed by atoms with Gasteiger partial charge in [-0.2, -0.15) is 0 Å². The van der Waals surface area contributed by atoms with Crippen LogP contribution in [0.5, 0.6) is 5.75 Å². The van der Waals surface area contributed by atoms with E-state index >= 15 is 0 Å². The predicted molar refractivity (Wildman–Crippen MR) is 82.9 cm³/mol. The number of methoxy groups -OCH3 is 1. The van der Waals surface area contributed by atoms with E-state index in [9.17, 15) is 5.11 Å². The fourth-order valence-electron chi connectivity index (χ4n) is 2.32. The summed E-state index contributed by atoms with van der Waals surface area (Å²) >= 11 is 5.95. The van der Waals surface area contributed by atoms with Gasteiger partial charge in [0.05, 0.1) is 7.11 Å². The van der Waals surface area contributed by atoms with Crippen molar-refractivity contribution >= 4 is 22.6 Å². The largest absolute Gasteiger partial charge is 0.497 e. The first-order chi connectivity index (χ1) is 10.2. The third-order valence-electron chi connectivity index (χ3n) is 3.39. The van der Waals surface area contributed by atoms with Gasteiger partial charge in [-0.3, -0.25) is 0 Å². The Morgan fingerprint density at radius 2 is 2.05 bits per heavy atom. The van der Waals surface area contributed by atoms with E-state index in [2.05, 4.69) is 0 Å². The number of hydrogen-bond acceptors (Lipinski definition) is 3. The van der Waals surface area contributed by atoms with Crippen LogP contribution in [0.15, 0.2) is 52.9 Å². The molecular weight excluding hydrogens is 288 g/mol. The van der Waals surface area contributed by atoms with Crippen molar-refractivity contribution < 1.29 is 14.3 Å². The molecule has 3 aromatic rings. The zero-order valence-corrected chi connectivity index (χ0v) is 12.3. The maximum atomic E-state index is 10.3. The summed E-state index contributed by atoms with van der Waals surface area (Å²) in [6, 6.07) is 14.9. The van der Waals surface area contributed by atoms with Gasteiger partial charge < -0.3 is 14.3 Å². The average Bonchev–Trinajstić information content (AvgIpc) is 2.90. The molecule has 0 aliphatic rings. The molecule has 108 valence electrons. The average molecular weight is 303 g/mol.